The summed E-state index contributed by atoms with van der Waals surface area (Å²) in [5, 5.41) is 0. The molecule has 5 heteroatoms. The van der Waals surface area contributed by atoms with Gasteiger partial charge in [-0.1, -0.05) is 13.0 Å². The van der Waals surface area contributed by atoms with E-state index in [1.807, 2.05) is 11.0 Å². The van der Waals surface area contributed by atoms with E-state index in [0.29, 0.717) is 24.8 Å². The summed E-state index contributed by atoms with van der Waals surface area (Å²) in [6.07, 6.45) is 0.821. The second-order valence-electron chi connectivity index (χ2n) is 4.50. The van der Waals surface area contributed by atoms with Crippen molar-refractivity contribution in [3.8, 4) is 0 Å². The van der Waals surface area contributed by atoms with Crippen molar-refractivity contribution in [3.05, 3.63) is 30.1 Å². The van der Waals surface area contributed by atoms with Crippen LogP contribution in [0.5, 0.6) is 0 Å². The summed E-state index contributed by atoms with van der Waals surface area (Å²) in [4.78, 5) is 6.16. The monoisotopic (exact) mass is 251 g/mol. The number of aliphatic imine (C=N–C) groups is 1. The summed E-state index contributed by atoms with van der Waals surface area (Å²) in [5.74, 6) is 0.133. The Morgan fingerprint density at radius 2 is 2.33 bits per heavy atom. The van der Waals surface area contributed by atoms with Crippen LogP contribution in [0.15, 0.2) is 29.3 Å². The number of guanidine groups is 1. The lowest BCUT2D eigenvalue weighted by Gasteiger charge is -2.38. The summed E-state index contributed by atoms with van der Waals surface area (Å²) in [6.45, 7) is 3.13. The summed E-state index contributed by atoms with van der Waals surface area (Å²) in [7, 11) is 1.65. The minimum absolute atomic E-state index is 0.283. The normalized spacial score (nSPS) is 23.3. The zero-order valence-corrected chi connectivity index (χ0v) is 10.7. The number of methoxy groups -OCH3 is 1. The van der Waals surface area contributed by atoms with Gasteiger partial charge in [0.15, 0.2) is 5.96 Å². The molecule has 1 unspecified atom stereocenters. The van der Waals surface area contributed by atoms with Crippen molar-refractivity contribution in [2.24, 2.45) is 10.7 Å². The topological polar surface area (TPSA) is 50.9 Å². The molecule has 0 saturated carbocycles. The average molecular weight is 251 g/mol. The first-order valence-corrected chi connectivity index (χ1v) is 5.97. The number of nitrogens with two attached hydrogens (primary N) is 1. The third-order valence-corrected chi connectivity index (χ3v) is 3.38. The maximum Gasteiger partial charge on any atom is 0.196 e. The maximum atomic E-state index is 13.4. The molecule has 1 atom stereocenters. The van der Waals surface area contributed by atoms with Gasteiger partial charge in [-0.25, -0.2) is 4.39 Å². The fourth-order valence-electron chi connectivity index (χ4n) is 2.38. The van der Waals surface area contributed by atoms with E-state index in [9.17, 15) is 4.39 Å². The zero-order valence-electron chi connectivity index (χ0n) is 10.7. The molecule has 1 heterocycles. The number of rotatable bonds is 4. The zero-order chi connectivity index (χ0) is 13.2. The van der Waals surface area contributed by atoms with Gasteiger partial charge in [-0.3, -0.25) is 4.99 Å². The Bertz CT molecular complexity index is 463. The van der Waals surface area contributed by atoms with Crippen LogP contribution in [0.4, 0.5) is 10.1 Å². The molecule has 1 aromatic carbocycles. The number of benzene rings is 1. The first-order valence-electron chi connectivity index (χ1n) is 5.97. The third kappa shape index (κ3) is 2.06. The van der Waals surface area contributed by atoms with Gasteiger partial charge in [-0.2, -0.15) is 0 Å². The average Bonchev–Trinajstić information content (AvgIpc) is 2.68. The second-order valence-corrected chi connectivity index (χ2v) is 4.50. The van der Waals surface area contributed by atoms with Gasteiger partial charge < -0.3 is 15.4 Å². The highest BCUT2D eigenvalue weighted by atomic mass is 19.1. The molecule has 0 spiro atoms. The van der Waals surface area contributed by atoms with Crippen LogP contribution < -0.4 is 10.6 Å². The van der Waals surface area contributed by atoms with E-state index in [2.05, 4.69) is 11.9 Å². The van der Waals surface area contributed by atoms with Crippen LogP contribution in [0.1, 0.15) is 13.3 Å². The molecule has 0 amide bonds. The number of halogens is 1. The molecule has 0 radical (unpaired) electrons. The van der Waals surface area contributed by atoms with Gasteiger partial charge in [0.1, 0.15) is 5.82 Å². The van der Waals surface area contributed by atoms with Crippen LogP contribution in [-0.2, 0) is 4.74 Å². The van der Waals surface area contributed by atoms with Crippen LogP contribution in [0.2, 0.25) is 0 Å². The van der Waals surface area contributed by atoms with Crippen molar-refractivity contribution in [1.29, 1.82) is 0 Å². The highest BCUT2D eigenvalue weighted by molar-refractivity contribution is 5.98. The summed E-state index contributed by atoms with van der Waals surface area (Å²) >= 11 is 0. The molecule has 2 rings (SSSR count). The molecule has 0 aromatic heterocycles. The van der Waals surface area contributed by atoms with Gasteiger partial charge >= 0.3 is 0 Å². The van der Waals surface area contributed by atoms with Gasteiger partial charge in [0, 0.05) is 12.8 Å². The summed E-state index contributed by atoms with van der Waals surface area (Å²) < 4.78 is 18.6. The number of hydrogen-bond donors (Lipinski definition) is 1. The Balaban J connectivity index is 2.41. The Labute approximate surface area is 106 Å². The third-order valence-electron chi connectivity index (χ3n) is 3.38. The largest absolute Gasteiger partial charge is 0.382 e. The van der Waals surface area contributed by atoms with Crippen LogP contribution in [0.3, 0.4) is 0 Å². The quantitative estimate of drug-likeness (QED) is 0.887. The molecule has 0 fully saturated rings. The first kappa shape index (κ1) is 12.8. The summed E-state index contributed by atoms with van der Waals surface area (Å²) in [6, 6.07) is 6.38. The van der Waals surface area contributed by atoms with E-state index in [0.717, 1.165) is 6.42 Å². The molecule has 18 heavy (non-hydrogen) atoms. The Kier molecular flexibility index (Phi) is 3.52. The first-order chi connectivity index (χ1) is 8.63. The summed E-state index contributed by atoms with van der Waals surface area (Å²) in [5.41, 5.74) is 6.34. The van der Waals surface area contributed by atoms with Gasteiger partial charge in [0.25, 0.3) is 0 Å². The van der Waals surface area contributed by atoms with Gasteiger partial charge in [-0.15, -0.1) is 0 Å². The molecular weight excluding hydrogens is 233 g/mol. The lowest BCUT2D eigenvalue weighted by atomic mass is 9.95. The standard InChI is InChI=1S/C13H18FN3O/c1-3-13(9-18-2)8-16-12(15)17(13)11-6-4-5-10(14)7-11/h4-7H,3,8-9H2,1-2H3,(H2,15,16). The maximum absolute atomic E-state index is 13.4. The number of ether oxygens (including phenoxy) is 1. The SMILES string of the molecule is CCC1(COC)CN=C(N)N1c1cccc(F)c1. The second kappa shape index (κ2) is 4.94. The van der Waals surface area contributed by atoms with E-state index in [4.69, 9.17) is 10.5 Å². The molecule has 1 aromatic rings. The van der Waals surface area contributed by atoms with Crippen molar-refractivity contribution in [1.82, 2.24) is 0 Å². The fourth-order valence-corrected chi connectivity index (χ4v) is 2.38. The van der Waals surface area contributed by atoms with E-state index < -0.39 is 0 Å². The Morgan fingerprint density at radius 1 is 1.56 bits per heavy atom. The molecular formula is C13H18FN3O. The number of hydrogen-bond acceptors (Lipinski definition) is 4. The van der Waals surface area contributed by atoms with Crippen LogP contribution in [0, 0.1) is 5.82 Å². The molecule has 1 aliphatic rings. The van der Waals surface area contributed by atoms with Crippen LogP contribution in [0.25, 0.3) is 0 Å². The van der Waals surface area contributed by atoms with Crippen molar-refractivity contribution < 1.29 is 9.13 Å². The molecule has 4 nitrogen and oxygen atoms in total. The molecule has 0 aliphatic carbocycles. The van der Waals surface area contributed by atoms with Crippen LogP contribution in [-0.4, -0.2) is 31.8 Å². The number of anilines is 1. The molecule has 0 bridgehead atoms. The smallest absolute Gasteiger partial charge is 0.196 e. The predicted octanol–water partition coefficient (Wildman–Crippen LogP) is 1.76. The van der Waals surface area contributed by atoms with E-state index >= 15 is 0 Å². The highest BCUT2D eigenvalue weighted by Crippen LogP contribution is 2.31. The molecule has 1 aliphatic heterocycles. The molecule has 0 saturated heterocycles. The Hall–Kier alpha value is -1.62. The lowest BCUT2D eigenvalue weighted by molar-refractivity contribution is 0.138. The van der Waals surface area contributed by atoms with Crippen molar-refractivity contribution in [2.75, 3.05) is 25.2 Å². The highest BCUT2D eigenvalue weighted by Gasteiger charge is 2.41. The predicted molar refractivity (Wildman–Crippen MR) is 70.3 cm³/mol. The van der Waals surface area contributed by atoms with E-state index in [-0.39, 0.29) is 11.4 Å². The van der Waals surface area contributed by atoms with E-state index in [1.165, 1.54) is 12.1 Å². The number of nitrogens with zero attached hydrogens (tertiary/aromatic N) is 2. The van der Waals surface area contributed by atoms with E-state index in [1.54, 1.807) is 13.2 Å². The van der Waals surface area contributed by atoms with Gasteiger partial charge in [-0.05, 0) is 24.6 Å². The van der Waals surface area contributed by atoms with Crippen molar-refractivity contribution in [2.45, 2.75) is 18.9 Å². The molecule has 2 N–H and O–H groups in total. The lowest BCUT2D eigenvalue weighted by Crippen LogP contribution is -2.54. The van der Waals surface area contributed by atoms with Crippen molar-refractivity contribution >= 4 is 11.6 Å². The minimum atomic E-state index is -0.313. The van der Waals surface area contributed by atoms with Gasteiger partial charge in [0.05, 0.1) is 18.7 Å². The Morgan fingerprint density at radius 3 is 2.94 bits per heavy atom. The fraction of sp³-hybridized carbons (Fsp3) is 0.462. The minimum Gasteiger partial charge on any atom is -0.382 e. The van der Waals surface area contributed by atoms with Crippen LogP contribution >= 0.6 is 0 Å². The molecule has 98 valence electrons. The van der Waals surface area contributed by atoms with Crippen molar-refractivity contribution in [3.63, 3.8) is 0 Å². The van der Waals surface area contributed by atoms with Gasteiger partial charge in [0.2, 0.25) is 0 Å².